The third-order valence-electron chi connectivity index (χ3n) is 8.65. The zero-order chi connectivity index (χ0) is 28.2. The Balaban J connectivity index is 1.46. The van der Waals surface area contributed by atoms with Crippen molar-refractivity contribution in [1.29, 1.82) is 0 Å². The van der Waals surface area contributed by atoms with Crippen LogP contribution in [0.15, 0.2) is 60.2 Å². The van der Waals surface area contributed by atoms with Crippen molar-refractivity contribution in [3.63, 3.8) is 0 Å². The molecule has 7 nitrogen and oxygen atoms in total. The van der Waals surface area contributed by atoms with Crippen LogP contribution in [-0.2, 0) is 16.1 Å². The van der Waals surface area contributed by atoms with E-state index in [2.05, 4.69) is 27.9 Å². The molecule has 2 saturated carbocycles. The Hall–Kier alpha value is -2.50. The first-order valence-electron chi connectivity index (χ1n) is 14.1. The Kier molecular flexibility index (Phi) is 9.42. The first-order chi connectivity index (χ1) is 19.3. The quantitative estimate of drug-likeness (QED) is 0.332. The Morgan fingerprint density at radius 1 is 1.10 bits per heavy atom. The lowest BCUT2D eigenvalue weighted by atomic mass is 9.84. The highest BCUT2D eigenvalue weighted by Crippen LogP contribution is 2.50. The van der Waals surface area contributed by atoms with Gasteiger partial charge in [-0.2, -0.15) is 0 Å². The summed E-state index contributed by atoms with van der Waals surface area (Å²) in [7, 11) is 0. The second-order valence-electron chi connectivity index (χ2n) is 11.2. The molecule has 3 N–H and O–H groups in total. The van der Waals surface area contributed by atoms with Crippen molar-refractivity contribution in [2.24, 2.45) is 17.8 Å². The standard InChI is InChI=1S/C31H36FIN2O5/c32-24-6-2-1-5-21(24)18-35(29(37)17-22-14-19-9-10-20(22)13-19)26-15-23(31(39)34-11-12-36)16-28(30(26)38)40-27-8-4-3-7-25(27)33/h1-8,16,19-20,22,26,28,30,36,38H,9-15,17-18H2,(H,34,39)/t19?,20?,22?,26-,28+,30+/m1/s1. The molecule has 0 aliphatic heterocycles. The highest BCUT2D eigenvalue weighted by Gasteiger charge is 2.44. The SMILES string of the molecule is O=C(NCCO)C1=C[C@H](Oc2ccccc2I)[C@@H](O)[C@H](N(Cc2ccccc2F)C(=O)CC2CC3CCC2C3)C1. The third-order valence-corrected chi connectivity index (χ3v) is 9.55. The van der Waals surface area contributed by atoms with Gasteiger partial charge in [-0.25, -0.2) is 4.39 Å². The molecule has 0 heterocycles. The van der Waals surface area contributed by atoms with Gasteiger partial charge in [0.05, 0.1) is 16.2 Å². The van der Waals surface area contributed by atoms with E-state index in [1.54, 1.807) is 35.2 Å². The molecule has 2 aromatic carbocycles. The van der Waals surface area contributed by atoms with Crippen LogP contribution in [-0.4, -0.2) is 58.3 Å². The van der Waals surface area contributed by atoms with Crippen molar-refractivity contribution < 1.29 is 28.9 Å². The fourth-order valence-electron chi connectivity index (χ4n) is 6.64. The van der Waals surface area contributed by atoms with Gasteiger partial charge in [0, 0.05) is 37.1 Å². The fraction of sp³-hybridized carbons (Fsp3) is 0.484. The van der Waals surface area contributed by atoms with Crippen LogP contribution >= 0.6 is 22.6 Å². The normalized spacial score (nSPS) is 27.2. The summed E-state index contributed by atoms with van der Waals surface area (Å²) in [6, 6.07) is 12.9. The predicted octanol–water partition coefficient (Wildman–Crippen LogP) is 4.20. The molecule has 2 fully saturated rings. The number of amides is 2. The van der Waals surface area contributed by atoms with E-state index in [-0.39, 0.29) is 37.9 Å². The van der Waals surface area contributed by atoms with Crippen LogP contribution in [0.1, 0.15) is 44.1 Å². The summed E-state index contributed by atoms with van der Waals surface area (Å²) >= 11 is 2.14. The number of carbonyl (C=O) groups is 2. The average molecular weight is 663 g/mol. The number of carbonyl (C=O) groups excluding carboxylic acids is 2. The van der Waals surface area contributed by atoms with Gasteiger partial charge in [0.1, 0.15) is 23.8 Å². The van der Waals surface area contributed by atoms with E-state index >= 15 is 0 Å². The third kappa shape index (κ3) is 6.52. The van der Waals surface area contributed by atoms with Gasteiger partial charge in [-0.1, -0.05) is 36.8 Å². The second-order valence-corrected chi connectivity index (χ2v) is 12.4. The maximum absolute atomic E-state index is 14.8. The number of halogens is 2. The smallest absolute Gasteiger partial charge is 0.247 e. The second kappa shape index (κ2) is 13.0. The van der Waals surface area contributed by atoms with Crippen LogP contribution in [0.3, 0.4) is 0 Å². The fourth-order valence-corrected chi connectivity index (χ4v) is 7.15. The van der Waals surface area contributed by atoms with Crippen LogP contribution in [0.5, 0.6) is 5.75 Å². The molecule has 6 atom stereocenters. The van der Waals surface area contributed by atoms with Crippen LogP contribution < -0.4 is 10.1 Å². The van der Waals surface area contributed by atoms with E-state index in [9.17, 15) is 24.2 Å². The van der Waals surface area contributed by atoms with Crippen molar-refractivity contribution >= 4 is 34.4 Å². The number of rotatable bonds is 10. The summed E-state index contributed by atoms with van der Waals surface area (Å²) in [5.41, 5.74) is 0.706. The number of aliphatic hydroxyl groups excluding tert-OH is 2. The van der Waals surface area contributed by atoms with Gasteiger partial charge >= 0.3 is 0 Å². The highest BCUT2D eigenvalue weighted by molar-refractivity contribution is 14.1. The molecule has 3 unspecified atom stereocenters. The van der Waals surface area contributed by atoms with Crippen molar-refractivity contribution in [1.82, 2.24) is 10.2 Å². The molecule has 9 heteroatoms. The zero-order valence-corrected chi connectivity index (χ0v) is 24.5. The number of aliphatic hydroxyl groups is 2. The van der Waals surface area contributed by atoms with E-state index < -0.39 is 30.0 Å². The van der Waals surface area contributed by atoms with Crippen molar-refractivity contribution in [3.8, 4) is 5.75 Å². The van der Waals surface area contributed by atoms with E-state index in [0.29, 0.717) is 35.1 Å². The molecular weight excluding hydrogens is 626 g/mol. The lowest BCUT2D eigenvalue weighted by Gasteiger charge is -2.41. The van der Waals surface area contributed by atoms with Crippen LogP contribution in [0, 0.1) is 27.1 Å². The number of hydrogen-bond donors (Lipinski definition) is 3. The van der Waals surface area contributed by atoms with E-state index in [4.69, 9.17) is 4.74 Å². The molecule has 2 aromatic rings. The highest BCUT2D eigenvalue weighted by atomic mass is 127. The summed E-state index contributed by atoms with van der Waals surface area (Å²) in [5.74, 6) is 1.09. The number of ether oxygens (including phenoxy) is 1. The van der Waals surface area contributed by atoms with Gasteiger partial charge in [0.25, 0.3) is 0 Å². The first-order valence-corrected chi connectivity index (χ1v) is 15.1. The lowest BCUT2D eigenvalue weighted by molar-refractivity contribution is -0.141. The van der Waals surface area contributed by atoms with E-state index in [0.717, 1.165) is 16.4 Å². The van der Waals surface area contributed by atoms with E-state index in [1.807, 2.05) is 18.2 Å². The Bertz CT molecular complexity index is 1260. The molecule has 214 valence electrons. The molecular formula is C31H36FIN2O5. The van der Waals surface area contributed by atoms with Crippen molar-refractivity contribution in [2.75, 3.05) is 13.2 Å². The molecule has 0 aromatic heterocycles. The molecule has 40 heavy (non-hydrogen) atoms. The predicted molar refractivity (Wildman–Crippen MR) is 157 cm³/mol. The molecule has 3 aliphatic rings. The van der Waals surface area contributed by atoms with Crippen LogP contribution in [0.2, 0.25) is 0 Å². The number of para-hydroxylation sites is 1. The minimum atomic E-state index is -1.15. The Morgan fingerprint density at radius 2 is 1.88 bits per heavy atom. The number of fused-ring (bicyclic) bond motifs is 2. The Labute approximate surface area is 247 Å². The molecule has 0 radical (unpaired) electrons. The minimum absolute atomic E-state index is 0.0187. The summed E-state index contributed by atoms with van der Waals surface area (Å²) in [4.78, 5) is 28.6. The van der Waals surface area contributed by atoms with Gasteiger partial charge in [-0.15, -0.1) is 0 Å². The average Bonchev–Trinajstić information content (AvgIpc) is 3.57. The molecule has 3 aliphatic carbocycles. The van der Waals surface area contributed by atoms with Crippen molar-refractivity contribution in [3.05, 3.63) is 75.1 Å². The lowest BCUT2D eigenvalue weighted by Crippen LogP contribution is -2.55. The molecule has 5 rings (SSSR count). The summed E-state index contributed by atoms with van der Waals surface area (Å²) in [5, 5.41) is 23.6. The van der Waals surface area contributed by atoms with Gasteiger partial charge in [0.2, 0.25) is 11.8 Å². The Morgan fingerprint density at radius 3 is 2.58 bits per heavy atom. The molecule has 0 saturated heterocycles. The summed E-state index contributed by atoms with van der Waals surface area (Å²) < 4.78 is 21.9. The van der Waals surface area contributed by atoms with Crippen LogP contribution in [0.25, 0.3) is 0 Å². The molecule has 2 amide bonds. The largest absolute Gasteiger partial charge is 0.482 e. The van der Waals surface area contributed by atoms with Gasteiger partial charge in [-0.3, -0.25) is 9.59 Å². The number of benzene rings is 2. The van der Waals surface area contributed by atoms with Crippen LogP contribution in [0.4, 0.5) is 4.39 Å². The van der Waals surface area contributed by atoms with Gasteiger partial charge in [0.15, 0.2) is 0 Å². The molecule has 0 spiro atoms. The first kappa shape index (κ1) is 29.0. The number of nitrogens with zero attached hydrogens (tertiary/aromatic N) is 1. The maximum atomic E-state index is 14.8. The zero-order valence-electron chi connectivity index (χ0n) is 22.3. The van der Waals surface area contributed by atoms with Crippen molar-refractivity contribution in [2.45, 2.75) is 63.3 Å². The topological polar surface area (TPSA) is 99.1 Å². The van der Waals surface area contributed by atoms with Gasteiger partial charge in [-0.05, 0) is 83.9 Å². The monoisotopic (exact) mass is 662 g/mol. The van der Waals surface area contributed by atoms with E-state index in [1.165, 1.54) is 18.9 Å². The number of hydrogen-bond acceptors (Lipinski definition) is 5. The van der Waals surface area contributed by atoms with Gasteiger partial charge < -0.3 is 25.2 Å². The summed E-state index contributed by atoms with van der Waals surface area (Å²) in [6.45, 7) is -0.155. The number of nitrogens with one attached hydrogen (secondary N) is 1. The maximum Gasteiger partial charge on any atom is 0.247 e. The minimum Gasteiger partial charge on any atom is -0.482 e. The summed E-state index contributed by atoms with van der Waals surface area (Å²) in [6.07, 6.45) is 4.53. The molecule has 2 bridgehead atoms.